The van der Waals surface area contributed by atoms with E-state index in [4.69, 9.17) is 10.9 Å². The third-order valence-corrected chi connectivity index (χ3v) is 2.68. The van der Waals surface area contributed by atoms with E-state index in [1.165, 1.54) is 0 Å². The summed E-state index contributed by atoms with van der Waals surface area (Å²) in [6.45, 7) is -0.717. The van der Waals surface area contributed by atoms with E-state index in [0.29, 0.717) is 0 Å². The smallest absolute Gasteiger partial charge is 0.400 e. The summed E-state index contributed by atoms with van der Waals surface area (Å²) in [7, 11) is 0. The van der Waals surface area contributed by atoms with Gasteiger partial charge in [-0.05, 0) is 6.42 Å². The van der Waals surface area contributed by atoms with Crippen molar-refractivity contribution in [3.05, 3.63) is 0 Å². The summed E-state index contributed by atoms with van der Waals surface area (Å²) in [5.41, 5.74) is 4.96. The average Bonchev–Trinajstić information content (AvgIpc) is 2.29. The maximum absolute atomic E-state index is 12.6. The Kier molecular flexibility index (Phi) is 4.70. The molecule has 5 N–H and O–H groups in total. The molecule has 0 aromatic heterocycles. The van der Waals surface area contributed by atoms with Crippen molar-refractivity contribution >= 4 is 17.6 Å². The van der Waals surface area contributed by atoms with Crippen molar-refractivity contribution in [1.29, 1.82) is 0 Å². The lowest BCUT2D eigenvalue weighted by Gasteiger charge is -2.25. The molecule has 1 rings (SSSR count). The van der Waals surface area contributed by atoms with Gasteiger partial charge in [0.05, 0.1) is 6.04 Å². The quantitative estimate of drug-likeness (QED) is 0.179. The van der Waals surface area contributed by atoms with Gasteiger partial charge in [-0.15, -0.1) is 0 Å². The van der Waals surface area contributed by atoms with Gasteiger partial charge in [-0.3, -0.25) is 14.9 Å². The van der Waals surface area contributed by atoms with E-state index in [0.717, 1.165) is 0 Å². The Morgan fingerprint density at radius 1 is 1.58 bits per heavy atom. The van der Waals surface area contributed by atoms with Crippen LogP contribution < -0.4 is 16.4 Å². The Bertz CT molecular complexity index is 397. The molecule has 1 aliphatic heterocycles. The highest BCUT2D eigenvalue weighted by atomic mass is 19.4. The fourth-order valence-electron chi connectivity index (χ4n) is 1.61. The second-order valence-corrected chi connectivity index (χ2v) is 4.03. The van der Waals surface area contributed by atoms with E-state index < -0.39 is 42.3 Å². The molecule has 1 heterocycles. The molecule has 2 unspecified atom stereocenters. The topological polar surface area (TPSA) is 117 Å². The van der Waals surface area contributed by atoms with Crippen LogP contribution in [0, 0.1) is 5.92 Å². The third kappa shape index (κ3) is 4.09. The normalized spacial score (nSPS) is 23.1. The van der Waals surface area contributed by atoms with Gasteiger partial charge in [-0.1, -0.05) is 5.16 Å². The summed E-state index contributed by atoms with van der Waals surface area (Å²) >= 11 is 0. The molecule has 2 amide bonds. The third-order valence-electron chi connectivity index (χ3n) is 2.68. The van der Waals surface area contributed by atoms with Gasteiger partial charge in [0.25, 0.3) is 0 Å². The molecule has 0 radical (unpaired) electrons. The minimum absolute atomic E-state index is 0.0453. The number of imide groups is 1. The summed E-state index contributed by atoms with van der Waals surface area (Å²) in [5.74, 6) is -4.35. The Morgan fingerprint density at radius 3 is 2.68 bits per heavy atom. The van der Waals surface area contributed by atoms with Crippen LogP contribution in [-0.4, -0.2) is 41.6 Å². The zero-order valence-electron chi connectivity index (χ0n) is 9.70. The number of carbonyl (C=O) groups is 2. The fraction of sp³-hybridized carbons (Fsp3) is 0.667. The second kappa shape index (κ2) is 5.87. The van der Waals surface area contributed by atoms with Crippen molar-refractivity contribution in [2.45, 2.75) is 25.1 Å². The standard InChI is InChI=1S/C9H13F3N4O3/c10-9(11,12)4(7(13)16-19)3-14-5-1-2-6(17)15-8(5)18/h4-5,14,19H,1-3H2,(H2,13,16)(H,15,17,18). The first kappa shape index (κ1) is 15.2. The van der Waals surface area contributed by atoms with Crippen molar-refractivity contribution in [2.24, 2.45) is 16.8 Å². The van der Waals surface area contributed by atoms with Crippen molar-refractivity contribution in [2.75, 3.05) is 6.54 Å². The molecular weight excluding hydrogens is 269 g/mol. The first-order valence-corrected chi connectivity index (χ1v) is 5.37. The zero-order chi connectivity index (χ0) is 14.6. The maximum atomic E-state index is 12.6. The molecule has 108 valence electrons. The first-order chi connectivity index (χ1) is 8.75. The lowest BCUT2D eigenvalue weighted by molar-refractivity contribution is -0.156. The van der Waals surface area contributed by atoms with Gasteiger partial charge in [0.15, 0.2) is 5.84 Å². The summed E-state index contributed by atoms with van der Waals surface area (Å²) in [6.07, 6.45) is -4.56. The molecule has 0 aromatic carbocycles. The lowest BCUT2D eigenvalue weighted by Crippen LogP contribution is -2.53. The number of nitrogens with two attached hydrogens (primary N) is 1. The van der Waals surface area contributed by atoms with Crippen LogP contribution in [0.15, 0.2) is 5.16 Å². The van der Waals surface area contributed by atoms with Crippen molar-refractivity contribution in [3.8, 4) is 0 Å². The number of carbonyl (C=O) groups excluding carboxylic acids is 2. The minimum atomic E-state index is -4.70. The molecule has 1 saturated heterocycles. The molecule has 7 nitrogen and oxygen atoms in total. The summed E-state index contributed by atoms with van der Waals surface area (Å²) in [6, 6.07) is -0.908. The van der Waals surface area contributed by atoms with Crippen LogP contribution in [0.4, 0.5) is 13.2 Å². The highest BCUT2D eigenvalue weighted by Crippen LogP contribution is 2.26. The zero-order valence-corrected chi connectivity index (χ0v) is 9.70. The van der Waals surface area contributed by atoms with E-state index in [9.17, 15) is 22.8 Å². The number of oxime groups is 1. The number of amidine groups is 1. The highest BCUT2D eigenvalue weighted by molar-refractivity contribution is 6.00. The summed E-state index contributed by atoms with van der Waals surface area (Å²) in [4.78, 5) is 22.2. The van der Waals surface area contributed by atoms with Gasteiger partial charge in [0.1, 0.15) is 5.92 Å². The van der Waals surface area contributed by atoms with Crippen LogP contribution in [0.2, 0.25) is 0 Å². The number of halogens is 3. The fourth-order valence-corrected chi connectivity index (χ4v) is 1.61. The van der Waals surface area contributed by atoms with Gasteiger partial charge in [0.2, 0.25) is 11.8 Å². The van der Waals surface area contributed by atoms with Crippen molar-refractivity contribution in [3.63, 3.8) is 0 Å². The predicted octanol–water partition coefficient (Wildman–Crippen LogP) is -0.694. The SMILES string of the molecule is NC(=NO)C(CNC1CCC(=O)NC1=O)C(F)(F)F. The van der Waals surface area contributed by atoms with Crippen LogP contribution in [0.5, 0.6) is 0 Å². The van der Waals surface area contributed by atoms with E-state index in [2.05, 4.69) is 10.5 Å². The number of rotatable bonds is 4. The van der Waals surface area contributed by atoms with E-state index in [1.54, 1.807) is 0 Å². The largest absolute Gasteiger partial charge is 0.409 e. The lowest BCUT2D eigenvalue weighted by atomic mass is 10.0. The van der Waals surface area contributed by atoms with Gasteiger partial charge in [-0.2, -0.15) is 13.2 Å². The Morgan fingerprint density at radius 2 is 2.21 bits per heavy atom. The molecule has 1 aliphatic rings. The predicted molar refractivity (Wildman–Crippen MR) is 57.1 cm³/mol. The summed E-state index contributed by atoms with van der Waals surface area (Å²) in [5, 5.41) is 15.0. The molecule has 0 saturated carbocycles. The van der Waals surface area contributed by atoms with Crippen molar-refractivity contribution < 1.29 is 28.0 Å². The molecule has 0 spiro atoms. The van der Waals surface area contributed by atoms with Crippen LogP contribution in [-0.2, 0) is 9.59 Å². The Labute approximate surface area is 106 Å². The van der Waals surface area contributed by atoms with Crippen LogP contribution in [0.3, 0.4) is 0 Å². The van der Waals surface area contributed by atoms with Gasteiger partial charge < -0.3 is 16.3 Å². The Balaban J connectivity index is 2.62. The second-order valence-electron chi connectivity index (χ2n) is 4.03. The number of alkyl halides is 3. The van der Waals surface area contributed by atoms with E-state index in [1.807, 2.05) is 5.32 Å². The molecule has 10 heteroatoms. The van der Waals surface area contributed by atoms with Crippen LogP contribution in [0.1, 0.15) is 12.8 Å². The molecule has 19 heavy (non-hydrogen) atoms. The number of nitrogens with zero attached hydrogens (tertiary/aromatic N) is 1. The van der Waals surface area contributed by atoms with Crippen LogP contribution in [0.25, 0.3) is 0 Å². The molecule has 0 aliphatic carbocycles. The molecule has 0 bridgehead atoms. The number of piperidine rings is 1. The van der Waals surface area contributed by atoms with Gasteiger partial charge in [0, 0.05) is 13.0 Å². The number of hydrogen-bond acceptors (Lipinski definition) is 5. The maximum Gasteiger partial charge on any atom is 0.400 e. The average molecular weight is 282 g/mol. The Hall–Kier alpha value is -1.84. The monoisotopic (exact) mass is 282 g/mol. The van der Waals surface area contributed by atoms with E-state index >= 15 is 0 Å². The number of amides is 2. The van der Waals surface area contributed by atoms with Gasteiger partial charge in [-0.25, -0.2) is 0 Å². The number of nitrogens with one attached hydrogen (secondary N) is 2. The molecule has 2 atom stereocenters. The molecular formula is C9H13F3N4O3. The molecule has 1 fully saturated rings. The highest BCUT2D eigenvalue weighted by Gasteiger charge is 2.43. The summed E-state index contributed by atoms with van der Waals surface area (Å²) < 4.78 is 37.8. The van der Waals surface area contributed by atoms with E-state index in [-0.39, 0.29) is 12.8 Å². The van der Waals surface area contributed by atoms with Gasteiger partial charge >= 0.3 is 6.18 Å². The minimum Gasteiger partial charge on any atom is -0.409 e. The first-order valence-electron chi connectivity index (χ1n) is 5.37. The number of hydrogen-bond donors (Lipinski definition) is 4. The van der Waals surface area contributed by atoms with Crippen molar-refractivity contribution in [1.82, 2.24) is 10.6 Å². The van der Waals surface area contributed by atoms with Crippen LogP contribution >= 0.6 is 0 Å². The molecule has 0 aromatic rings.